The molecule has 1 saturated heterocycles. The van der Waals surface area contributed by atoms with Crippen molar-refractivity contribution in [2.75, 3.05) is 26.7 Å². The molecule has 0 saturated carbocycles. The van der Waals surface area contributed by atoms with Crippen LogP contribution in [-0.4, -0.2) is 57.6 Å². The fourth-order valence-electron chi connectivity index (χ4n) is 4.83. The van der Waals surface area contributed by atoms with Crippen molar-refractivity contribution in [2.45, 2.75) is 41.4 Å². The first-order valence-corrected chi connectivity index (χ1v) is 10.3. The first-order valence-electron chi connectivity index (χ1n) is 9.45. The van der Waals surface area contributed by atoms with E-state index in [9.17, 15) is 4.79 Å². The first kappa shape index (κ1) is 16.4. The lowest BCUT2D eigenvalue weighted by atomic mass is 9.79. The Labute approximate surface area is 158 Å². The maximum atomic E-state index is 13.1. The number of H-pyrrole nitrogens is 1. The van der Waals surface area contributed by atoms with E-state index in [1.807, 2.05) is 6.33 Å². The second kappa shape index (κ2) is 6.13. The molecule has 1 N–H and O–H groups in total. The van der Waals surface area contributed by atoms with E-state index in [1.165, 1.54) is 21.8 Å². The van der Waals surface area contributed by atoms with Crippen LogP contribution < -0.4 is 0 Å². The number of carbonyl (C=O) groups excluding carboxylic acids is 1. The third-order valence-electron chi connectivity index (χ3n) is 6.41. The minimum Gasteiger partial charge on any atom is -0.348 e. The summed E-state index contributed by atoms with van der Waals surface area (Å²) in [4.78, 5) is 26.9. The van der Waals surface area contributed by atoms with Crippen molar-refractivity contribution in [1.29, 1.82) is 0 Å². The molecule has 1 atom stereocenters. The second-order valence-corrected chi connectivity index (χ2v) is 8.92. The largest absolute Gasteiger partial charge is 0.348 e. The smallest absolute Gasteiger partial charge is 0.236 e. The monoisotopic (exact) mass is 368 g/mol. The zero-order chi connectivity index (χ0) is 17.7. The molecule has 3 aliphatic heterocycles. The number of piperidine rings is 1. The molecule has 1 unspecified atom stereocenters. The number of likely N-dealkylation sites (N-methyl/N-ethyl adjacent to an activating group) is 1. The Morgan fingerprint density at radius 2 is 2.08 bits per heavy atom. The normalized spacial score (nSPS) is 24.5. The molecule has 0 aliphatic carbocycles. The molecule has 2 aromatic rings. The van der Waals surface area contributed by atoms with E-state index in [0.29, 0.717) is 5.91 Å². The van der Waals surface area contributed by atoms with Gasteiger partial charge in [-0.05, 0) is 37.9 Å². The number of likely N-dealkylation sites (tertiary alicyclic amines) is 1. The molecule has 26 heavy (non-hydrogen) atoms. The topological polar surface area (TPSA) is 52.2 Å². The van der Waals surface area contributed by atoms with E-state index in [-0.39, 0.29) is 10.8 Å². The first-order chi connectivity index (χ1) is 12.7. The van der Waals surface area contributed by atoms with Crippen LogP contribution in [0, 0.1) is 0 Å². The molecular formula is C20H24N4OS. The van der Waals surface area contributed by atoms with Gasteiger partial charge in [-0.25, -0.2) is 4.98 Å². The van der Waals surface area contributed by atoms with Gasteiger partial charge in [0.1, 0.15) is 0 Å². The lowest BCUT2D eigenvalue weighted by Crippen LogP contribution is -2.56. The standard InChI is InChI=1S/C20H24N4OS/c1-23-9-6-15-18(22-13-21-15)20(23)7-10-24(11-8-20)19(25)17-12-14-4-2-3-5-16(14)26-17/h2-5,13,17H,6-12H2,1H3,(H,21,22). The van der Waals surface area contributed by atoms with Gasteiger partial charge in [0, 0.05) is 36.6 Å². The van der Waals surface area contributed by atoms with E-state index in [2.05, 4.69) is 51.1 Å². The number of nitrogens with zero attached hydrogens (tertiary/aromatic N) is 3. The van der Waals surface area contributed by atoms with E-state index in [1.54, 1.807) is 11.8 Å². The summed E-state index contributed by atoms with van der Waals surface area (Å²) in [5, 5.41) is 0.0477. The molecule has 1 aromatic heterocycles. The Bertz CT molecular complexity index is 815. The van der Waals surface area contributed by atoms with Crippen LogP contribution in [0.25, 0.3) is 0 Å². The Hall–Kier alpha value is -1.79. The van der Waals surface area contributed by atoms with Gasteiger partial charge in [-0.2, -0.15) is 0 Å². The maximum absolute atomic E-state index is 13.1. The highest BCUT2D eigenvalue weighted by Crippen LogP contribution is 2.43. The predicted molar refractivity (Wildman–Crippen MR) is 102 cm³/mol. The van der Waals surface area contributed by atoms with Crippen molar-refractivity contribution in [3.63, 3.8) is 0 Å². The maximum Gasteiger partial charge on any atom is 0.236 e. The Morgan fingerprint density at radius 1 is 1.27 bits per heavy atom. The van der Waals surface area contributed by atoms with Crippen molar-refractivity contribution in [1.82, 2.24) is 19.8 Å². The number of benzene rings is 1. The predicted octanol–water partition coefficient (Wildman–Crippen LogP) is 2.43. The Kier molecular flexibility index (Phi) is 3.87. The van der Waals surface area contributed by atoms with Crippen LogP contribution in [0.3, 0.4) is 0 Å². The van der Waals surface area contributed by atoms with Gasteiger partial charge in [-0.1, -0.05) is 18.2 Å². The molecular weight excluding hydrogens is 344 g/mol. The Morgan fingerprint density at radius 3 is 2.88 bits per heavy atom. The Balaban J connectivity index is 1.30. The molecule has 0 bridgehead atoms. The minimum atomic E-state index is -0.00382. The van der Waals surface area contributed by atoms with Crippen LogP contribution in [0.5, 0.6) is 0 Å². The summed E-state index contributed by atoms with van der Waals surface area (Å²) in [5.41, 5.74) is 3.80. The molecule has 6 heteroatoms. The molecule has 136 valence electrons. The van der Waals surface area contributed by atoms with Crippen LogP contribution in [-0.2, 0) is 23.2 Å². The van der Waals surface area contributed by atoms with Gasteiger partial charge >= 0.3 is 0 Å². The molecule has 5 rings (SSSR count). The lowest BCUT2D eigenvalue weighted by molar-refractivity contribution is -0.133. The number of aromatic nitrogens is 2. The van der Waals surface area contributed by atoms with Crippen LogP contribution in [0.15, 0.2) is 35.5 Å². The van der Waals surface area contributed by atoms with E-state index < -0.39 is 0 Å². The van der Waals surface area contributed by atoms with Crippen LogP contribution in [0.4, 0.5) is 0 Å². The number of aromatic amines is 1. The summed E-state index contributed by atoms with van der Waals surface area (Å²) in [5.74, 6) is 0.307. The number of thioether (sulfide) groups is 1. The third-order valence-corrected chi connectivity index (χ3v) is 7.72. The summed E-state index contributed by atoms with van der Waals surface area (Å²) < 4.78 is 0. The number of amides is 1. The average Bonchev–Trinajstić information content (AvgIpc) is 3.32. The van der Waals surface area contributed by atoms with Gasteiger partial charge in [0.15, 0.2) is 0 Å². The number of imidazole rings is 1. The highest BCUT2D eigenvalue weighted by Gasteiger charge is 2.46. The molecule has 0 radical (unpaired) electrons. The fourth-order valence-corrected chi connectivity index (χ4v) is 6.11. The number of nitrogens with one attached hydrogen (secondary N) is 1. The average molecular weight is 369 g/mol. The number of rotatable bonds is 1. The van der Waals surface area contributed by atoms with Crippen molar-refractivity contribution >= 4 is 17.7 Å². The third kappa shape index (κ3) is 2.42. The second-order valence-electron chi connectivity index (χ2n) is 7.68. The fraction of sp³-hybridized carbons (Fsp3) is 0.500. The molecule has 1 amide bonds. The molecule has 1 spiro atoms. The van der Waals surface area contributed by atoms with E-state index in [0.717, 1.165) is 45.3 Å². The quantitative estimate of drug-likeness (QED) is 0.840. The lowest BCUT2D eigenvalue weighted by Gasteiger charge is -2.49. The van der Waals surface area contributed by atoms with Crippen LogP contribution in [0.2, 0.25) is 0 Å². The van der Waals surface area contributed by atoms with Crippen LogP contribution in [0.1, 0.15) is 29.8 Å². The summed E-state index contributed by atoms with van der Waals surface area (Å²) in [7, 11) is 2.21. The highest BCUT2D eigenvalue weighted by atomic mass is 32.2. The summed E-state index contributed by atoms with van der Waals surface area (Å²) >= 11 is 1.74. The molecule has 1 fully saturated rings. The van der Waals surface area contributed by atoms with Gasteiger partial charge in [0.05, 0.1) is 22.8 Å². The minimum absolute atomic E-state index is 0.00382. The van der Waals surface area contributed by atoms with Crippen molar-refractivity contribution < 1.29 is 4.79 Å². The van der Waals surface area contributed by atoms with Gasteiger partial charge in [0.25, 0.3) is 0 Å². The number of carbonyl (C=O) groups is 1. The zero-order valence-corrected chi connectivity index (χ0v) is 15.9. The van der Waals surface area contributed by atoms with Crippen LogP contribution >= 0.6 is 11.8 Å². The number of hydrogen-bond donors (Lipinski definition) is 1. The summed E-state index contributed by atoms with van der Waals surface area (Å²) in [6.45, 7) is 2.70. The molecule has 4 heterocycles. The number of fused-ring (bicyclic) bond motifs is 3. The molecule has 3 aliphatic rings. The van der Waals surface area contributed by atoms with Crippen molar-refractivity contribution in [3.05, 3.63) is 47.5 Å². The summed E-state index contributed by atoms with van der Waals surface area (Å²) in [6.07, 6.45) is 5.67. The van der Waals surface area contributed by atoms with Crippen molar-refractivity contribution in [2.24, 2.45) is 0 Å². The van der Waals surface area contributed by atoms with Gasteiger partial charge in [-0.15, -0.1) is 11.8 Å². The molecule has 5 nitrogen and oxygen atoms in total. The highest BCUT2D eigenvalue weighted by molar-refractivity contribution is 8.01. The van der Waals surface area contributed by atoms with Gasteiger partial charge < -0.3 is 9.88 Å². The van der Waals surface area contributed by atoms with E-state index >= 15 is 0 Å². The summed E-state index contributed by atoms with van der Waals surface area (Å²) in [6, 6.07) is 8.41. The van der Waals surface area contributed by atoms with E-state index in [4.69, 9.17) is 0 Å². The van der Waals surface area contributed by atoms with Gasteiger partial charge in [0.2, 0.25) is 5.91 Å². The number of hydrogen-bond acceptors (Lipinski definition) is 4. The van der Waals surface area contributed by atoms with Gasteiger partial charge in [-0.3, -0.25) is 9.69 Å². The SMILES string of the molecule is CN1CCc2[nH]cnc2C12CCN(C(=O)C1Cc3ccccc3S1)CC2. The zero-order valence-electron chi connectivity index (χ0n) is 15.1. The molecule has 1 aromatic carbocycles. The van der Waals surface area contributed by atoms with Crippen molar-refractivity contribution in [3.8, 4) is 0 Å².